The van der Waals surface area contributed by atoms with E-state index in [0.717, 1.165) is 11.1 Å². The zero-order valence-electron chi connectivity index (χ0n) is 14.4. The van der Waals surface area contributed by atoms with E-state index in [9.17, 15) is 18.0 Å². The first-order valence-corrected chi connectivity index (χ1v) is 7.63. The average molecular weight is 355 g/mol. The fourth-order valence-corrected chi connectivity index (χ4v) is 2.42. The number of hydrogen-bond acceptors (Lipinski definition) is 3. The zero-order valence-corrected chi connectivity index (χ0v) is 14.4. The van der Waals surface area contributed by atoms with Gasteiger partial charge in [-0.05, 0) is 35.1 Å². The molecule has 1 aromatic carbocycles. The molecule has 1 amide bonds. The Morgan fingerprint density at radius 2 is 1.92 bits per heavy atom. The molecule has 8 heteroatoms. The van der Waals surface area contributed by atoms with Crippen molar-refractivity contribution < 1.29 is 22.7 Å². The predicted molar refractivity (Wildman–Crippen MR) is 88.5 cm³/mol. The molecule has 2 rings (SSSR count). The smallest absolute Gasteiger partial charge is 0.422 e. The second-order valence-corrected chi connectivity index (χ2v) is 6.76. The number of ether oxygens (including phenoxy) is 1. The number of nitrogens with zero attached hydrogens (tertiary/aromatic N) is 1. The van der Waals surface area contributed by atoms with Gasteiger partial charge < -0.3 is 4.74 Å². The van der Waals surface area contributed by atoms with Crippen LogP contribution >= 0.6 is 0 Å². The summed E-state index contributed by atoms with van der Waals surface area (Å²) in [4.78, 5) is 11.3. The Hall–Kier alpha value is -2.51. The Morgan fingerprint density at radius 1 is 1.24 bits per heavy atom. The molecule has 0 saturated carbocycles. The highest BCUT2D eigenvalue weighted by atomic mass is 19.4. The van der Waals surface area contributed by atoms with E-state index in [2.05, 4.69) is 41.0 Å². The largest absolute Gasteiger partial charge is 0.440 e. The fourth-order valence-electron chi connectivity index (χ4n) is 2.42. The summed E-state index contributed by atoms with van der Waals surface area (Å²) in [6.45, 7) is 6.70. The molecule has 0 unspecified atom stereocenters. The number of aryl methyl sites for hydroxylation is 1. The Morgan fingerprint density at radius 3 is 2.52 bits per heavy atom. The number of hydrogen-bond donors (Lipinski definition) is 2. The van der Waals surface area contributed by atoms with Crippen LogP contribution in [0, 0.1) is 6.92 Å². The summed E-state index contributed by atoms with van der Waals surface area (Å²) in [5.74, 6) is 0.0834. The van der Waals surface area contributed by atoms with Crippen LogP contribution < -0.4 is 5.32 Å². The summed E-state index contributed by atoms with van der Waals surface area (Å²) in [5, 5.41) is 8.79. The number of aromatic amines is 1. The second-order valence-electron chi connectivity index (χ2n) is 6.76. The van der Waals surface area contributed by atoms with Gasteiger partial charge in [0.05, 0.1) is 5.69 Å². The van der Waals surface area contributed by atoms with Crippen LogP contribution in [0.5, 0.6) is 0 Å². The Balaban J connectivity index is 2.13. The molecule has 0 spiro atoms. The van der Waals surface area contributed by atoms with Crippen LogP contribution in [0.4, 0.5) is 23.8 Å². The van der Waals surface area contributed by atoms with Crippen molar-refractivity contribution in [3.05, 3.63) is 35.4 Å². The van der Waals surface area contributed by atoms with Crippen molar-refractivity contribution in [3.63, 3.8) is 0 Å². The molecule has 0 saturated heterocycles. The maximum Gasteiger partial charge on any atom is 0.422 e. The molecule has 0 fully saturated rings. The lowest BCUT2D eigenvalue weighted by Crippen LogP contribution is -2.23. The predicted octanol–water partition coefficient (Wildman–Crippen LogP) is 4.79. The molecule has 136 valence electrons. The maximum absolute atomic E-state index is 12.0. The SMILES string of the molecule is Cc1ccc(-c2cc(NC(=O)OCC(F)(F)F)n[nH]2)cc1C(C)(C)C. The maximum atomic E-state index is 12.0. The van der Waals surface area contributed by atoms with Gasteiger partial charge in [-0.15, -0.1) is 0 Å². The molecule has 2 aromatic rings. The number of benzene rings is 1. The van der Waals surface area contributed by atoms with Crippen LogP contribution in [0.3, 0.4) is 0 Å². The van der Waals surface area contributed by atoms with Crippen molar-refractivity contribution in [3.8, 4) is 11.3 Å². The lowest BCUT2D eigenvalue weighted by atomic mass is 9.83. The van der Waals surface area contributed by atoms with E-state index in [0.29, 0.717) is 5.69 Å². The Labute approximate surface area is 143 Å². The molecule has 0 atom stereocenters. The van der Waals surface area contributed by atoms with Crippen molar-refractivity contribution in [2.45, 2.75) is 39.3 Å². The second kappa shape index (κ2) is 6.78. The molecule has 5 nitrogen and oxygen atoms in total. The highest BCUT2D eigenvalue weighted by Crippen LogP contribution is 2.30. The number of carbonyl (C=O) groups is 1. The number of amides is 1. The number of nitrogens with one attached hydrogen (secondary N) is 2. The van der Waals surface area contributed by atoms with Gasteiger partial charge in [-0.3, -0.25) is 10.4 Å². The Kier molecular flexibility index (Phi) is 5.10. The molecular formula is C17H20F3N3O2. The summed E-state index contributed by atoms with van der Waals surface area (Å²) in [5.41, 5.74) is 3.78. The first-order valence-electron chi connectivity index (χ1n) is 7.63. The van der Waals surface area contributed by atoms with Crippen LogP contribution in [0.15, 0.2) is 24.3 Å². The topological polar surface area (TPSA) is 67.0 Å². The van der Waals surface area contributed by atoms with E-state index in [1.54, 1.807) is 0 Å². The Bertz CT molecular complexity index is 761. The standard InChI is InChI=1S/C17H20F3N3O2/c1-10-5-6-11(7-12(10)16(2,3)4)13-8-14(23-22-13)21-15(24)25-9-17(18,19)20/h5-8H,9H2,1-4H3,(H2,21,22,23,24). The minimum atomic E-state index is -4.57. The molecule has 0 radical (unpaired) electrons. The summed E-state index contributed by atoms with van der Waals surface area (Å²) < 4.78 is 40.1. The van der Waals surface area contributed by atoms with E-state index in [-0.39, 0.29) is 11.2 Å². The molecule has 25 heavy (non-hydrogen) atoms. The molecular weight excluding hydrogens is 335 g/mol. The molecule has 0 aliphatic rings. The highest BCUT2D eigenvalue weighted by Gasteiger charge is 2.29. The van der Waals surface area contributed by atoms with Gasteiger partial charge in [-0.25, -0.2) is 4.79 Å². The van der Waals surface area contributed by atoms with Crippen molar-refractivity contribution in [2.24, 2.45) is 0 Å². The summed E-state index contributed by atoms with van der Waals surface area (Å²) in [6.07, 6.45) is -5.78. The van der Waals surface area contributed by atoms with E-state index in [1.807, 2.05) is 25.1 Å². The first kappa shape index (κ1) is 18.8. The third-order valence-electron chi connectivity index (χ3n) is 3.53. The van der Waals surface area contributed by atoms with E-state index >= 15 is 0 Å². The molecule has 0 aliphatic heterocycles. The fraction of sp³-hybridized carbons (Fsp3) is 0.412. The van der Waals surface area contributed by atoms with Gasteiger partial charge in [0.2, 0.25) is 0 Å². The van der Waals surface area contributed by atoms with Gasteiger partial charge in [-0.2, -0.15) is 18.3 Å². The van der Waals surface area contributed by atoms with Crippen LogP contribution in [0.1, 0.15) is 31.9 Å². The van der Waals surface area contributed by atoms with Crippen LogP contribution in [-0.4, -0.2) is 29.1 Å². The van der Waals surface area contributed by atoms with Crippen molar-refractivity contribution >= 4 is 11.9 Å². The molecule has 0 aliphatic carbocycles. The van der Waals surface area contributed by atoms with Gasteiger partial charge >= 0.3 is 12.3 Å². The van der Waals surface area contributed by atoms with Crippen LogP contribution in [-0.2, 0) is 10.2 Å². The molecule has 1 aromatic heterocycles. The number of rotatable bonds is 3. The number of aromatic nitrogens is 2. The zero-order chi connectivity index (χ0) is 18.8. The minimum absolute atomic E-state index is 0.0391. The highest BCUT2D eigenvalue weighted by molar-refractivity contribution is 5.84. The summed E-state index contributed by atoms with van der Waals surface area (Å²) >= 11 is 0. The van der Waals surface area contributed by atoms with E-state index in [4.69, 9.17) is 0 Å². The first-order chi connectivity index (χ1) is 11.5. The van der Waals surface area contributed by atoms with Gasteiger partial charge in [0.15, 0.2) is 12.4 Å². The lowest BCUT2D eigenvalue weighted by molar-refractivity contribution is -0.159. The van der Waals surface area contributed by atoms with Gasteiger partial charge in [0, 0.05) is 6.07 Å². The van der Waals surface area contributed by atoms with Crippen molar-refractivity contribution in [1.29, 1.82) is 0 Å². The molecule has 1 heterocycles. The quantitative estimate of drug-likeness (QED) is 0.831. The molecule has 0 bridgehead atoms. The van der Waals surface area contributed by atoms with Gasteiger partial charge in [-0.1, -0.05) is 32.9 Å². The lowest BCUT2D eigenvalue weighted by Gasteiger charge is -2.22. The van der Waals surface area contributed by atoms with Crippen LogP contribution in [0.2, 0.25) is 0 Å². The third kappa shape index (κ3) is 5.23. The van der Waals surface area contributed by atoms with E-state index < -0.39 is 18.9 Å². The van der Waals surface area contributed by atoms with Gasteiger partial charge in [0.25, 0.3) is 0 Å². The van der Waals surface area contributed by atoms with E-state index in [1.165, 1.54) is 11.6 Å². The van der Waals surface area contributed by atoms with Crippen molar-refractivity contribution in [2.75, 3.05) is 11.9 Å². The summed E-state index contributed by atoms with van der Waals surface area (Å²) in [7, 11) is 0. The minimum Gasteiger partial charge on any atom is -0.440 e. The van der Waals surface area contributed by atoms with Gasteiger partial charge in [0.1, 0.15) is 0 Å². The number of H-pyrrole nitrogens is 1. The average Bonchev–Trinajstić information content (AvgIpc) is 2.92. The number of anilines is 1. The monoisotopic (exact) mass is 355 g/mol. The third-order valence-corrected chi connectivity index (χ3v) is 3.53. The number of carbonyl (C=O) groups excluding carboxylic acids is 1. The summed E-state index contributed by atoms with van der Waals surface area (Å²) in [6, 6.07) is 7.45. The normalized spacial score (nSPS) is 12.1. The number of halogens is 3. The van der Waals surface area contributed by atoms with Crippen LogP contribution in [0.25, 0.3) is 11.3 Å². The van der Waals surface area contributed by atoms with Crippen molar-refractivity contribution in [1.82, 2.24) is 10.2 Å². The molecule has 2 N–H and O–H groups in total. The number of alkyl halides is 3.